The normalized spacial score (nSPS) is 21.5. The Labute approximate surface area is 343 Å². The van der Waals surface area contributed by atoms with Gasteiger partial charge in [0.2, 0.25) is 17.8 Å². The minimum Gasteiger partial charge on any atom is -0.381 e. The highest BCUT2D eigenvalue weighted by Crippen LogP contribution is 2.33. The van der Waals surface area contributed by atoms with Crippen LogP contribution in [-0.4, -0.2) is 135 Å². The molecule has 4 saturated heterocycles. The predicted molar refractivity (Wildman–Crippen MR) is 220 cm³/mol. The molecule has 17 heteroatoms. The molecule has 4 aromatic rings. The molecular formula is C42H53FN12O4. The van der Waals surface area contributed by atoms with Gasteiger partial charge in [-0.1, -0.05) is 6.07 Å². The second kappa shape index (κ2) is 16.4. The Morgan fingerprint density at radius 1 is 0.915 bits per heavy atom. The molecule has 5 aliphatic heterocycles. The third-order valence-electron chi connectivity index (χ3n) is 12.7. The number of pyridine rings is 1. The van der Waals surface area contributed by atoms with Crippen LogP contribution in [0.1, 0.15) is 79.9 Å². The van der Waals surface area contributed by atoms with Gasteiger partial charge in [0.05, 0.1) is 22.6 Å². The number of nitrogens with zero attached hydrogens (tertiary/aromatic N) is 10. The molecule has 59 heavy (non-hydrogen) atoms. The number of aromatic nitrogens is 5. The number of imide groups is 1. The molecule has 0 saturated carbocycles. The number of anilines is 4. The number of methoxy groups -OCH3 is 1. The molecule has 0 bridgehead atoms. The van der Waals surface area contributed by atoms with Crippen LogP contribution >= 0.6 is 0 Å². The fraction of sp³-hybridized carbons (Fsp3) is 0.548. The van der Waals surface area contributed by atoms with Crippen molar-refractivity contribution in [2.45, 2.75) is 89.7 Å². The van der Waals surface area contributed by atoms with Gasteiger partial charge in [-0.2, -0.15) is 10.1 Å². The van der Waals surface area contributed by atoms with Crippen LogP contribution in [0.15, 0.2) is 36.7 Å². The van der Waals surface area contributed by atoms with Crippen molar-refractivity contribution < 1.29 is 23.5 Å². The van der Waals surface area contributed by atoms with Crippen LogP contribution in [0, 0.1) is 5.82 Å². The van der Waals surface area contributed by atoms with Crippen molar-refractivity contribution in [2.75, 3.05) is 74.6 Å². The maximum absolute atomic E-state index is 15.4. The van der Waals surface area contributed by atoms with Gasteiger partial charge in [-0.25, -0.2) is 14.4 Å². The number of benzene rings is 1. The third-order valence-corrected chi connectivity index (χ3v) is 12.7. The fourth-order valence-electron chi connectivity index (χ4n) is 9.52. The Balaban J connectivity index is 0.793. The van der Waals surface area contributed by atoms with E-state index in [0.29, 0.717) is 35.7 Å². The van der Waals surface area contributed by atoms with Crippen molar-refractivity contribution in [3.8, 4) is 0 Å². The first kappa shape index (κ1) is 39.2. The van der Waals surface area contributed by atoms with E-state index in [1.807, 2.05) is 18.3 Å². The van der Waals surface area contributed by atoms with Gasteiger partial charge in [0.15, 0.2) is 5.82 Å². The van der Waals surface area contributed by atoms with Crippen molar-refractivity contribution in [1.82, 2.24) is 44.7 Å². The SMILES string of the molecule is COC1CCN(c2nccc(Nc3cc4c(cn3)c(N3CCN(C5CCN(Cc6cc(F)c7c(c6)CN(C6CCC(=O)NC6=O)C7=O)CC5)CC3)nn4C(C)C)n2)CC1. The molecule has 0 aliphatic carbocycles. The van der Waals surface area contributed by atoms with Crippen molar-refractivity contribution >= 4 is 52.0 Å². The van der Waals surface area contributed by atoms with Crippen LogP contribution in [-0.2, 0) is 27.4 Å². The van der Waals surface area contributed by atoms with Gasteiger partial charge < -0.3 is 24.8 Å². The van der Waals surface area contributed by atoms with E-state index in [4.69, 9.17) is 19.8 Å². The molecule has 3 amide bonds. The fourth-order valence-corrected chi connectivity index (χ4v) is 9.52. The summed E-state index contributed by atoms with van der Waals surface area (Å²) < 4.78 is 23.0. The maximum atomic E-state index is 15.4. The number of ether oxygens (including phenoxy) is 1. The summed E-state index contributed by atoms with van der Waals surface area (Å²) in [6.45, 7) is 12.2. The summed E-state index contributed by atoms with van der Waals surface area (Å²) in [6.07, 6.45) is 8.39. The lowest BCUT2D eigenvalue weighted by atomic mass is 10.0. The zero-order valence-corrected chi connectivity index (χ0v) is 34.1. The first-order valence-electron chi connectivity index (χ1n) is 21.0. The second-order valence-electron chi connectivity index (χ2n) is 16.8. The molecule has 9 rings (SSSR count). The minimum absolute atomic E-state index is 0.0421. The summed E-state index contributed by atoms with van der Waals surface area (Å²) in [6, 6.07) is 7.19. The lowest BCUT2D eigenvalue weighted by Gasteiger charge is -2.43. The quantitative estimate of drug-likeness (QED) is 0.223. The van der Waals surface area contributed by atoms with Crippen LogP contribution in [0.5, 0.6) is 0 Å². The average molecular weight is 809 g/mol. The van der Waals surface area contributed by atoms with Gasteiger partial charge in [-0.3, -0.25) is 34.2 Å². The minimum atomic E-state index is -0.762. The Morgan fingerprint density at radius 2 is 1.69 bits per heavy atom. The zero-order valence-electron chi connectivity index (χ0n) is 34.1. The summed E-state index contributed by atoms with van der Waals surface area (Å²) in [5, 5.41) is 11.9. The Bertz CT molecular complexity index is 2230. The highest BCUT2D eigenvalue weighted by Gasteiger charge is 2.41. The number of fused-ring (bicyclic) bond motifs is 2. The molecule has 1 atom stereocenters. The second-order valence-corrected chi connectivity index (χ2v) is 16.8. The molecule has 1 aromatic carbocycles. The molecule has 5 aliphatic rings. The number of piperidine rings is 3. The monoisotopic (exact) mass is 808 g/mol. The van der Waals surface area contributed by atoms with Crippen molar-refractivity contribution in [3.63, 3.8) is 0 Å². The smallest absolute Gasteiger partial charge is 0.258 e. The van der Waals surface area contributed by atoms with Gasteiger partial charge in [0.1, 0.15) is 23.5 Å². The van der Waals surface area contributed by atoms with Gasteiger partial charge in [-0.15, -0.1) is 0 Å². The zero-order chi connectivity index (χ0) is 40.8. The summed E-state index contributed by atoms with van der Waals surface area (Å²) >= 11 is 0. The maximum Gasteiger partial charge on any atom is 0.258 e. The van der Waals surface area contributed by atoms with Gasteiger partial charge >= 0.3 is 0 Å². The Kier molecular flexibility index (Phi) is 10.9. The van der Waals surface area contributed by atoms with E-state index in [2.05, 4.69) is 59.8 Å². The molecule has 8 heterocycles. The molecule has 16 nitrogen and oxygen atoms in total. The summed E-state index contributed by atoms with van der Waals surface area (Å²) in [4.78, 5) is 62.3. The highest BCUT2D eigenvalue weighted by atomic mass is 19.1. The standard InChI is InChI=1S/C42H53FN12O4/c1-26(2)55-34-22-36(46-35-6-11-44-42(47-35)53-14-9-30(59-3)10-15-53)45-23-31(34)39(49-55)52-18-16-51(17-19-52)29-7-12-50(13-8-29)24-27-20-28-25-54(41(58)38(28)32(43)21-27)33-4-5-37(56)48-40(33)57/h6,11,20-23,26,29-30,33H,4-5,7-10,12-19,24-25H2,1-3H3,(H,48,56,57)(H,44,45,46,47). The summed E-state index contributed by atoms with van der Waals surface area (Å²) in [7, 11) is 1.77. The number of hydrogen-bond donors (Lipinski definition) is 2. The number of halogens is 1. The molecule has 1 unspecified atom stereocenters. The first-order chi connectivity index (χ1) is 28.6. The number of carbonyl (C=O) groups excluding carboxylic acids is 3. The Morgan fingerprint density at radius 3 is 2.42 bits per heavy atom. The number of piperazine rings is 1. The molecule has 0 spiro atoms. The number of hydrogen-bond acceptors (Lipinski definition) is 13. The van der Waals surface area contributed by atoms with E-state index in [1.165, 1.54) is 11.0 Å². The average Bonchev–Trinajstić information content (AvgIpc) is 3.79. The third kappa shape index (κ3) is 7.94. The van der Waals surface area contributed by atoms with E-state index in [9.17, 15) is 14.4 Å². The van der Waals surface area contributed by atoms with E-state index in [-0.39, 0.29) is 43.0 Å². The number of nitrogens with one attached hydrogen (secondary N) is 2. The van der Waals surface area contributed by atoms with Crippen LogP contribution < -0.4 is 20.4 Å². The lowest BCUT2D eigenvalue weighted by Crippen LogP contribution is -2.53. The van der Waals surface area contributed by atoms with E-state index in [0.717, 1.165) is 100 Å². The molecule has 2 N–H and O–H groups in total. The van der Waals surface area contributed by atoms with Crippen LogP contribution in [0.25, 0.3) is 10.9 Å². The molecule has 3 aromatic heterocycles. The van der Waals surface area contributed by atoms with Gasteiger partial charge in [0.25, 0.3) is 5.91 Å². The molecular weight excluding hydrogens is 756 g/mol. The largest absolute Gasteiger partial charge is 0.381 e. The summed E-state index contributed by atoms with van der Waals surface area (Å²) in [5.41, 5.74) is 2.50. The van der Waals surface area contributed by atoms with Crippen molar-refractivity contribution in [3.05, 3.63) is 59.2 Å². The number of carbonyl (C=O) groups is 3. The van der Waals surface area contributed by atoms with Crippen LogP contribution in [0.4, 0.5) is 27.8 Å². The van der Waals surface area contributed by atoms with Crippen molar-refractivity contribution in [2.24, 2.45) is 0 Å². The molecule has 312 valence electrons. The first-order valence-corrected chi connectivity index (χ1v) is 21.0. The topological polar surface area (TPSA) is 157 Å². The van der Waals surface area contributed by atoms with Crippen LogP contribution in [0.3, 0.4) is 0 Å². The van der Waals surface area contributed by atoms with E-state index < -0.39 is 23.7 Å². The Hall–Kier alpha value is -5.26. The van der Waals surface area contributed by atoms with Gasteiger partial charge in [0, 0.05) is 96.4 Å². The van der Waals surface area contributed by atoms with Crippen molar-refractivity contribution in [1.29, 1.82) is 0 Å². The highest BCUT2D eigenvalue weighted by molar-refractivity contribution is 6.05. The lowest BCUT2D eigenvalue weighted by molar-refractivity contribution is -0.136. The predicted octanol–water partition coefficient (Wildman–Crippen LogP) is 3.85. The van der Waals surface area contributed by atoms with E-state index >= 15 is 4.39 Å². The molecule has 4 fully saturated rings. The number of rotatable bonds is 10. The number of likely N-dealkylation sites (tertiary alicyclic amines) is 1. The van der Waals surface area contributed by atoms with Gasteiger partial charge in [-0.05, 0) is 82.3 Å². The summed E-state index contributed by atoms with van der Waals surface area (Å²) in [5.74, 6) is 1.21. The van der Waals surface area contributed by atoms with E-state index in [1.54, 1.807) is 13.3 Å². The van der Waals surface area contributed by atoms with Crippen LogP contribution in [0.2, 0.25) is 0 Å². The molecule has 0 radical (unpaired) electrons. The number of amides is 3.